The Labute approximate surface area is 102 Å². The number of carbonyl (C=O) groups is 1. The van der Waals surface area contributed by atoms with Crippen LogP contribution in [0.25, 0.3) is 0 Å². The monoisotopic (exact) mass is 233 g/mol. The molecule has 0 aliphatic heterocycles. The molecule has 0 aromatic heterocycles. The maximum atomic E-state index is 11.5. The van der Waals surface area contributed by atoms with E-state index in [1.807, 2.05) is 24.3 Å². The molecule has 92 valence electrons. The highest BCUT2D eigenvalue weighted by molar-refractivity contribution is 5.81. The molecule has 4 heteroatoms. The number of amides is 1. The molecule has 1 aliphatic carbocycles. The van der Waals surface area contributed by atoms with Gasteiger partial charge in [0.1, 0.15) is 0 Å². The molecule has 0 radical (unpaired) electrons. The number of benzene rings is 1. The average molecular weight is 233 g/mol. The number of nitrogens with two attached hydrogens (primary N) is 1. The summed E-state index contributed by atoms with van der Waals surface area (Å²) >= 11 is 0. The Bertz CT molecular complexity index is 384. The Morgan fingerprint density at radius 1 is 1.41 bits per heavy atom. The number of hydrogen-bond donors (Lipinski definition) is 2. The summed E-state index contributed by atoms with van der Waals surface area (Å²) in [4.78, 5) is 13.6. The van der Waals surface area contributed by atoms with Crippen molar-refractivity contribution in [3.8, 4) is 0 Å². The first kappa shape index (κ1) is 11.9. The van der Waals surface area contributed by atoms with E-state index in [0.717, 1.165) is 11.3 Å². The van der Waals surface area contributed by atoms with E-state index in [-0.39, 0.29) is 5.91 Å². The lowest BCUT2D eigenvalue weighted by Gasteiger charge is -2.23. The minimum absolute atomic E-state index is 0.0554. The quantitative estimate of drug-likeness (QED) is 0.793. The van der Waals surface area contributed by atoms with Gasteiger partial charge in [0.05, 0.1) is 6.54 Å². The molecule has 1 amide bonds. The zero-order valence-corrected chi connectivity index (χ0v) is 10.1. The number of anilines is 1. The molecule has 1 aliphatic rings. The van der Waals surface area contributed by atoms with E-state index in [4.69, 9.17) is 5.73 Å². The maximum Gasteiger partial charge on any atom is 0.239 e. The molecule has 0 bridgehead atoms. The van der Waals surface area contributed by atoms with Gasteiger partial charge in [-0.15, -0.1) is 0 Å². The highest BCUT2D eigenvalue weighted by atomic mass is 16.1. The van der Waals surface area contributed by atoms with E-state index < -0.39 is 0 Å². The van der Waals surface area contributed by atoms with Gasteiger partial charge in [0.15, 0.2) is 0 Å². The van der Waals surface area contributed by atoms with Crippen LogP contribution in [0.5, 0.6) is 0 Å². The fourth-order valence-electron chi connectivity index (χ4n) is 1.87. The predicted molar refractivity (Wildman–Crippen MR) is 68.8 cm³/mol. The van der Waals surface area contributed by atoms with Crippen molar-refractivity contribution >= 4 is 11.6 Å². The van der Waals surface area contributed by atoms with Crippen molar-refractivity contribution in [2.45, 2.75) is 25.4 Å². The first-order valence-corrected chi connectivity index (χ1v) is 6.01. The molecular formula is C13H19N3O. The van der Waals surface area contributed by atoms with Crippen LogP contribution in [0.15, 0.2) is 24.3 Å². The van der Waals surface area contributed by atoms with E-state index in [1.54, 1.807) is 7.05 Å². The number of rotatable bonds is 5. The minimum atomic E-state index is 0.0554. The van der Waals surface area contributed by atoms with Crippen LogP contribution in [-0.4, -0.2) is 25.5 Å². The normalized spacial score (nSPS) is 14.5. The molecule has 0 atom stereocenters. The molecule has 17 heavy (non-hydrogen) atoms. The Morgan fingerprint density at radius 2 is 2.06 bits per heavy atom. The Kier molecular flexibility index (Phi) is 3.64. The van der Waals surface area contributed by atoms with Gasteiger partial charge in [0.25, 0.3) is 0 Å². The molecule has 0 heterocycles. The van der Waals surface area contributed by atoms with E-state index in [2.05, 4.69) is 10.2 Å². The van der Waals surface area contributed by atoms with E-state index in [9.17, 15) is 4.79 Å². The Morgan fingerprint density at radius 3 is 2.53 bits per heavy atom. The summed E-state index contributed by atoms with van der Waals surface area (Å²) in [5, 5.41) is 2.67. The SMILES string of the molecule is CNC(=O)CN(c1ccc(CN)cc1)C1CC1. The summed E-state index contributed by atoms with van der Waals surface area (Å²) < 4.78 is 0. The van der Waals surface area contributed by atoms with Crippen LogP contribution in [0, 0.1) is 0 Å². The fourth-order valence-corrected chi connectivity index (χ4v) is 1.87. The van der Waals surface area contributed by atoms with Crippen LogP contribution in [0.2, 0.25) is 0 Å². The summed E-state index contributed by atoms with van der Waals surface area (Å²) in [6.45, 7) is 0.988. The topological polar surface area (TPSA) is 58.4 Å². The molecule has 1 aromatic carbocycles. The van der Waals surface area contributed by atoms with Gasteiger partial charge < -0.3 is 16.0 Å². The zero-order valence-electron chi connectivity index (χ0n) is 10.1. The van der Waals surface area contributed by atoms with Crippen LogP contribution < -0.4 is 16.0 Å². The number of nitrogens with zero attached hydrogens (tertiary/aromatic N) is 1. The van der Waals surface area contributed by atoms with Crippen molar-refractivity contribution < 1.29 is 4.79 Å². The Hall–Kier alpha value is -1.55. The first-order valence-electron chi connectivity index (χ1n) is 6.01. The summed E-state index contributed by atoms with van der Waals surface area (Å²) in [5.74, 6) is 0.0554. The van der Waals surface area contributed by atoms with Gasteiger partial charge in [0, 0.05) is 25.3 Å². The number of hydrogen-bond acceptors (Lipinski definition) is 3. The molecule has 0 spiro atoms. The van der Waals surface area contributed by atoms with E-state index >= 15 is 0 Å². The molecule has 2 rings (SSSR count). The van der Waals surface area contributed by atoms with Crippen LogP contribution in [-0.2, 0) is 11.3 Å². The second kappa shape index (κ2) is 5.19. The van der Waals surface area contributed by atoms with Gasteiger partial charge in [-0.3, -0.25) is 4.79 Å². The van der Waals surface area contributed by atoms with Crippen molar-refractivity contribution in [2.24, 2.45) is 5.73 Å². The number of nitrogens with one attached hydrogen (secondary N) is 1. The summed E-state index contributed by atoms with van der Waals surface area (Å²) in [5.41, 5.74) is 7.79. The fraction of sp³-hybridized carbons (Fsp3) is 0.462. The van der Waals surface area contributed by atoms with Gasteiger partial charge in [-0.1, -0.05) is 12.1 Å². The van der Waals surface area contributed by atoms with Gasteiger partial charge in [-0.05, 0) is 30.5 Å². The zero-order chi connectivity index (χ0) is 12.3. The van der Waals surface area contributed by atoms with Crippen LogP contribution in [0.4, 0.5) is 5.69 Å². The maximum absolute atomic E-state index is 11.5. The van der Waals surface area contributed by atoms with Gasteiger partial charge in [-0.2, -0.15) is 0 Å². The van der Waals surface area contributed by atoms with Crippen molar-refractivity contribution in [2.75, 3.05) is 18.5 Å². The summed E-state index contributed by atoms with van der Waals surface area (Å²) in [7, 11) is 1.67. The lowest BCUT2D eigenvalue weighted by Crippen LogP contribution is -2.37. The molecule has 1 saturated carbocycles. The van der Waals surface area contributed by atoms with Gasteiger partial charge in [-0.25, -0.2) is 0 Å². The van der Waals surface area contributed by atoms with Gasteiger partial charge in [0.2, 0.25) is 5.91 Å². The Balaban J connectivity index is 2.11. The van der Waals surface area contributed by atoms with E-state index in [0.29, 0.717) is 19.1 Å². The second-order valence-electron chi connectivity index (χ2n) is 4.40. The molecule has 1 aromatic rings. The van der Waals surface area contributed by atoms with Crippen molar-refractivity contribution in [3.05, 3.63) is 29.8 Å². The van der Waals surface area contributed by atoms with Crippen molar-refractivity contribution in [1.29, 1.82) is 0 Å². The second-order valence-corrected chi connectivity index (χ2v) is 4.40. The van der Waals surface area contributed by atoms with Crippen molar-refractivity contribution in [1.82, 2.24) is 5.32 Å². The molecule has 3 N–H and O–H groups in total. The number of likely N-dealkylation sites (N-methyl/N-ethyl adjacent to an activating group) is 1. The smallest absolute Gasteiger partial charge is 0.239 e. The molecule has 4 nitrogen and oxygen atoms in total. The van der Waals surface area contributed by atoms with Crippen LogP contribution >= 0.6 is 0 Å². The lowest BCUT2D eigenvalue weighted by atomic mass is 10.2. The molecule has 1 fully saturated rings. The average Bonchev–Trinajstić information content (AvgIpc) is 3.20. The molecule has 0 saturated heterocycles. The first-order chi connectivity index (χ1) is 8.24. The highest BCUT2D eigenvalue weighted by Crippen LogP contribution is 2.31. The lowest BCUT2D eigenvalue weighted by molar-refractivity contribution is -0.119. The standard InChI is InChI=1S/C13H19N3O/c1-15-13(17)9-16(12-6-7-12)11-4-2-10(8-14)3-5-11/h2-5,12H,6-9,14H2,1H3,(H,15,17). The third-order valence-corrected chi connectivity index (χ3v) is 3.08. The number of carbonyl (C=O) groups excluding carboxylic acids is 1. The summed E-state index contributed by atoms with van der Waals surface area (Å²) in [6, 6.07) is 8.66. The van der Waals surface area contributed by atoms with Gasteiger partial charge >= 0.3 is 0 Å². The van der Waals surface area contributed by atoms with Crippen molar-refractivity contribution in [3.63, 3.8) is 0 Å². The third-order valence-electron chi connectivity index (χ3n) is 3.08. The largest absolute Gasteiger partial charge is 0.359 e. The predicted octanol–water partition coefficient (Wildman–Crippen LogP) is 0.860. The van der Waals surface area contributed by atoms with E-state index in [1.165, 1.54) is 12.8 Å². The minimum Gasteiger partial charge on any atom is -0.359 e. The third kappa shape index (κ3) is 2.97. The molecular weight excluding hydrogens is 214 g/mol. The van der Waals surface area contributed by atoms with Crippen LogP contribution in [0.1, 0.15) is 18.4 Å². The highest BCUT2D eigenvalue weighted by Gasteiger charge is 2.30. The summed E-state index contributed by atoms with van der Waals surface area (Å²) in [6.07, 6.45) is 2.35. The molecule has 0 unspecified atom stereocenters. The van der Waals surface area contributed by atoms with Crippen LogP contribution in [0.3, 0.4) is 0 Å².